The van der Waals surface area contributed by atoms with Crippen LogP contribution in [0.25, 0.3) is 11.4 Å². The normalized spacial score (nSPS) is 11.1. The summed E-state index contributed by atoms with van der Waals surface area (Å²) >= 11 is 33.5. The van der Waals surface area contributed by atoms with E-state index in [0.29, 0.717) is 30.4 Å². The Hall–Kier alpha value is -4.09. The molecular formula is C30H26Cl4F6N8O6S2. The average molecular weight is 915 g/mol. The van der Waals surface area contributed by atoms with Crippen molar-refractivity contribution in [1.82, 2.24) is 28.8 Å². The molecular weight excluding hydrogens is 888 g/mol. The highest BCUT2D eigenvalue weighted by Crippen LogP contribution is 2.34. The fourth-order valence-electron chi connectivity index (χ4n) is 4.15. The van der Waals surface area contributed by atoms with Crippen LogP contribution in [0.4, 0.5) is 37.7 Å². The number of anilines is 1. The van der Waals surface area contributed by atoms with E-state index in [9.17, 15) is 45.5 Å². The molecule has 56 heavy (non-hydrogen) atoms. The van der Waals surface area contributed by atoms with Crippen LogP contribution < -0.4 is 33.3 Å². The van der Waals surface area contributed by atoms with Crippen molar-refractivity contribution in [3.05, 3.63) is 110 Å². The van der Waals surface area contributed by atoms with Crippen LogP contribution in [0.15, 0.2) is 60.6 Å². The van der Waals surface area contributed by atoms with E-state index in [0.717, 1.165) is 20.2 Å². The molecule has 2 heterocycles. The lowest BCUT2D eigenvalue weighted by molar-refractivity contribution is -0.144. The first-order chi connectivity index (χ1) is 25.9. The highest BCUT2D eigenvalue weighted by Gasteiger charge is 2.36. The number of hydrogen-bond acceptors (Lipinski definition) is 10. The quantitative estimate of drug-likeness (QED) is 0.0958. The number of aliphatic imine (C=N–C) groups is 1. The summed E-state index contributed by atoms with van der Waals surface area (Å²) in [6.07, 6.45) is -9.73. The van der Waals surface area contributed by atoms with E-state index in [4.69, 9.17) is 63.5 Å². The van der Waals surface area contributed by atoms with E-state index in [2.05, 4.69) is 38.0 Å². The molecule has 0 radical (unpaired) electrons. The Morgan fingerprint density at radius 2 is 1.18 bits per heavy atom. The summed E-state index contributed by atoms with van der Waals surface area (Å²) in [5.74, 6) is 0. The molecule has 0 unspecified atom stereocenters. The van der Waals surface area contributed by atoms with Crippen LogP contribution in [0.3, 0.4) is 0 Å². The largest absolute Gasteiger partial charge is 0.431 e. The minimum atomic E-state index is -4.88. The molecule has 0 aliphatic carbocycles. The van der Waals surface area contributed by atoms with Crippen molar-refractivity contribution in [3.8, 4) is 11.4 Å². The van der Waals surface area contributed by atoms with Crippen LogP contribution in [-0.4, -0.2) is 61.9 Å². The zero-order chi connectivity index (χ0) is 43.0. The number of rotatable bonds is 6. The van der Waals surface area contributed by atoms with Crippen molar-refractivity contribution in [2.75, 3.05) is 33.6 Å². The van der Waals surface area contributed by atoms with E-state index < -0.39 is 46.2 Å². The first-order valence-electron chi connectivity index (χ1n) is 14.5. The van der Waals surface area contributed by atoms with Crippen molar-refractivity contribution in [2.24, 2.45) is 19.1 Å². The molecule has 2 aromatic heterocycles. The first-order valence-corrected chi connectivity index (χ1v) is 16.9. The Kier molecular flexibility index (Phi) is 17.0. The van der Waals surface area contributed by atoms with Crippen LogP contribution in [0.2, 0.25) is 20.1 Å². The number of benzene rings is 2. The summed E-state index contributed by atoms with van der Waals surface area (Å²) in [5.41, 5.74) is -5.33. The third-order valence-electron chi connectivity index (χ3n) is 6.93. The number of hydrogen-bond donors (Lipinski definition) is 2. The Morgan fingerprint density at radius 3 is 1.55 bits per heavy atom. The summed E-state index contributed by atoms with van der Waals surface area (Å²) in [5, 5.41) is 5.98. The molecule has 0 atom stereocenters. The van der Waals surface area contributed by atoms with Gasteiger partial charge in [0.2, 0.25) is 0 Å². The standard InChI is InChI=1S/C15H13Cl2F3N4O3S.C13H6Cl2F3N3O2S.C2H7NO/c1-22-11(15(18,19)20)6-12(25)24(14(22)26)10-5-9(7(16)4-8(10)17)21-13(28)23(2)27-3;1-20-10(13(16,17)18)4-11(22)21(12(20)23)9-3-8(19-5-24)6(14)2-7(9)15;1-3-4-2/h4-6H,1-3H3,(H,21,28);2-4H,1H3;3H,1-2H3. The van der Waals surface area contributed by atoms with Crippen LogP contribution >= 0.6 is 70.8 Å². The maximum atomic E-state index is 13.0. The van der Waals surface area contributed by atoms with E-state index >= 15 is 0 Å². The van der Waals surface area contributed by atoms with E-state index in [1.165, 1.54) is 37.4 Å². The van der Waals surface area contributed by atoms with Crippen molar-refractivity contribution in [1.29, 1.82) is 0 Å². The van der Waals surface area contributed by atoms with Gasteiger partial charge in [0.25, 0.3) is 11.1 Å². The summed E-state index contributed by atoms with van der Waals surface area (Å²) in [4.78, 5) is 61.8. The van der Waals surface area contributed by atoms with Gasteiger partial charge in [-0.25, -0.2) is 29.3 Å². The van der Waals surface area contributed by atoms with Gasteiger partial charge in [-0.15, -0.1) is 0 Å². The Bertz CT molecular complexity index is 2410. The van der Waals surface area contributed by atoms with Gasteiger partial charge >= 0.3 is 23.7 Å². The fourth-order valence-corrected chi connectivity index (χ4v) is 5.46. The predicted octanol–water partition coefficient (Wildman–Crippen LogP) is 6.42. The van der Waals surface area contributed by atoms with Gasteiger partial charge in [-0.3, -0.25) is 23.6 Å². The van der Waals surface area contributed by atoms with E-state index in [-0.39, 0.29) is 48.0 Å². The summed E-state index contributed by atoms with van der Waals surface area (Å²) in [6, 6.07) is 5.39. The second-order valence-corrected chi connectivity index (χ2v) is 12.5. The maximum Gasteiger partial charge on any atom is 0.431 e. The second-order valence-electron chi connectivity index (χ2n) is 10.3. The highest BCUT2D eigenvalue weighted by atomic mass is 35.5. The lowest BCUT2D eigenvalue weighted by atomic mass is 10.2. The third-order valence-corrected chi connectivity index (χ3v) is 8.60. The molecule has 2 aromatic carbocycles. The molecule has 14 nitrogen and oxygen atoms in total. The Labute approximate surface area is 341 Å². The van der Waals surface area contributed by atoms with Crippen LogP contribution in [0.5, 0.6) is 0 Å². The molecule has 0 spiro atoms. The van der Waals surface area contributed by atoms with Crippen molar-refractivity contribution < 1.29 is 36.0 Å². The molecule has 0 saturated carbocycles. The van der Waals surface area contributed by atoms with E-state index in [1.54, 1.807) is 14.2 Å². The first kappa shape index (κ1) is 48.1. The molecule has 304 valence electrons. The van der Waals surface area contributed by atoms with Gasteiger partial charge in [-0.05, 0) is 48.7 Å². The summed E-state index contributed by atoms with van der Waals surface area (Å²) in [7, 11) is 7.94. The maximum absolute atomic E-state index is 13.0. The zero-order valence-electron chi connectivity index (χ0n) is 29.2. The number of halogens is 10. The van der Waals surface area contributed by atoms with Gasteiger partial charge < -0.3 is 10.2 Å². The number of hydroxylamine groups is 3. The number of nitrogens with zero attached hydrogens (tertiary/aromatic N) is 6. The smallest absolute Gasteiger partial charge is 0.330 e. The minimum Gasteiger partial charge on any atom is -0.330 e. The molecule has 0 aliphatic rings. The van der Waals surface area contributed by atoms with Crippen LogP contribution in [0, 0.1) is 0 Å². The Balaban J connectivity index is 0.000000356. The minimum absolute atomic E-state index is 0.0555. The molecule has 4 rings (SSSR count). The number of nitrogens with one attached hydrogen (secondary N) is 2. The molecule has 0 aliphatic heterocycles. The second kappa shape index (κ2) is 19.9. The molecule has 26 heteroatoms. The molecule has 0 saturated heterocycles. The monoisotopic (exact) mass is 912 g/mol. The molecule has 0 amide bonds. The fraction of sp³-hybridized carbons (Fsp3) is 0.267. The van der Waals surface area contributed by atoms with Gasteiger partial charge in [0.05, 0.1) is 62.2 Å². The Morgan fingerprint density at radius 1 is 0.768 bits per heavy atom. The van der Waals surface area contributed by atoms with Crippen molar-refractivity contribution in [3.63, 3.8) is 0 Å². The van der Waals surface area contributed by atoms with Gasteiger partial charge in [-0.2, -0.15) is 31.3 Å². The van der Waals surface area contributed by atoms with Crippen molar-refractivity contribution >= 4 is 92.5 Å². The van der Waals surface area contributed by atoms with Crippen LogP contribution in [0.1, 0.15) is 11.4 Å². The molecule has 0 bridgehead atoms. The van der Waals surface area contributed by atoms with Gasteiger partial charge in [0.15, 0.2) is 5.11 Å². The number of thiocarbonyl (C=S) groups is 2. The molecule has 2 N–H and O–H groups in total. The number of alkyl halides is 6. The third kappa shape index (κ3) is 11.5. The van der Waals surface area contributed by atoms with Crippen molar-refractivity contribution in [2.45, 2.75) is 12.4 Å². The zero-order valence-corrected chi connectivity index (χ0v) is 33.8. The summed E-state index contributed by atoms with van der Waals surface area (Å²) in [6.45, 7) is 0. The number of isothiocyanates is 1. The van der Waals surface area contributed by atoms with Crippen LogP contribution in [-0.2, 0) is 36.1 Å². The average Bonchev–Trinajstić information content (AvgIpc) is 3.10. The van der Waals surface area contributed by atoms with Gasteiger partial charge in [-0.1, -0.05) is 46.4 Å². The number of aromatic nitrogens is 4. The molecule has 0 fully saturated rings. The summed E-state index contributed by atoms with van der Waals surface area (Å²) < 4.78 is 79.2. The highest BCUT2D eigenvalue weighted by molar-refractivity contribution is 7.80. The lowest BCUT2D eigenvalue weighted by Crippen LogP contribution is -2.40. The predicted molar refractivity (Wildman–Crippen MR) is 206 cm³/mol. The van der Waals surface area contributed by atoms with Gasteiger partial charge in [0, 0.05) is 40.3 Å². The van der Waals surface area contributed by atoms with E-state index in [1.807, 2.05) is 0 Å². The topological polar surface area (TPSA) is 146 Å². The lowest BCUT2D eigenvalue weighted by Gasteiger charge is -2.20. The SMILES string of the molecule is CNOC.CON(C)C(=S)Nc1cc(-n2c(=O)cc(C(F)(F)F)n(C)c2=O)c(Cl)cc1Cl.Cn1c(C(F)(F)F)cc(=O)n(-c2cc(N=C=S)c(Cl)cc2Cl)c1=O. The van der Waals surface area contributed by atoms with Gasteiger partial charge in [0.1, 0.15) is 11.4 Å². The molecule has 4 aromatic rings.